The first kappa shape index (κ1) is 13.4. The summed E-state index contributed by atoms with van der Waals surface area (Å²) in [6.07, 6.45) is 1.53. The first-order valence-electron chi connectivity index (χ1n) is 7.07. The van der Waals surface area contributed by atoms with Crippen LogP contribution in [-0.4, -0.2) is 34.8 Å². The van der Waals surface area contributed by atoms with Gasteiger partial charge in [-0.1, -0.05) is 12.1 Å². The number of pyridine rings is 1. The van der Waals surface area contributed by atoms with E-state index in [9.17, 15) is 0 Å². The van der Waals surface area contributed by atoms with Crippen LogP contribution in [0.3, 0.4) is 0 Å². The molecule has 0 saturated heterocycles. The zero-order valence-corrected chi connectivity index (χ0v) is 12.4. The van der Waals surface area contributed by atoms with Crippen molar-refractivity contribution in [1.29, 1.82) is 0 Å². The van der Waals surface area contributed by atoms with Gasteiger partial charge in [0.05, 0.1) is 11.4 Å². The fraction of sp³-hybridized carbons (Fsp3) is 0.133. The van der Waals surface area contributed by atoms with Crippen LogP contribution in [0.4, 0.5) is 0 Å². The fourth-order valence-electron chi connectivity index (χ4n) is 2.34. The predicted molar refractivity (Wildman–Crippen MR) is 81.2 cm³/mol. The van der Waals surface area contributed by atoms with Gasteiger partial charge in [0.25, 0.3) is 0 Å². The van der Waals surface area contributed by atoms with Crippen molar-refractivity contribution in [2.24, 2.45) is 0 Å². The average molecular weight is 307 g/mol. The summed E-state index contributed by atoms with van der Waals surface area (Å²) in [5.41, 5.74) is 2.57. The number of fused-ring (bicyclic) bond motifs is 1. The number of ether oxygens (including phenoxy) is 1. The molecular formula is C15H13N7O. The second-order valence-corrected chi connectivity index (χ2v) is 4.97. The standard InChI is InChI=1S/C15H13N7O/c1-11-18-19-20-21(11)12-4-2-6-14(8-12)23-9-13-5-3-7-15-16-10-17-22(13)15/h2-8,10H,9H2,1H3. The second kappa shape index (κ2) is 5.48. The van der Waals surface area contributed by atoms with E-state index in [0.717, 1.165) is 28.6 Å². The highest BCUT2D eigenvalue weighted by Gasteiger charge is 2.06. The number of benzene rings is 1. The minimum Gasteiger partial charge on any atom is -0.487 e. The summed E-state index contributed by atoms with van der Waals surface area (Å²) >= 11 is 0. The third kappa shape index (κ3) is 2.50. The van der Waals surface area contributed by atoms with Crippen molar-refractivity contribution in [2.45, 2.75) is 13.5 Å². The normalized spacial score (nSPS) is 11.0. The highest BCUT2D eigenvalue weighted by atomic mass is 16.5. The van der Waals surface area contributed by atoms with E-state index in [4.69, 9.17) is 4.74 Å². The molecule has 3 aromatic heterocycles. The van der Waals surface area contributed by atoms with E-state index >= 15 is 0 Å². The molecule has 0 saturated carbocycles. The van der Waals surface area contributed by atoms with Crippen LogP contribution in [0.15, 0.2) is 48.8 Å². The van der Waals surface area contributed by atoms with Gasteiger partial charge in [-0.3, -0.25) is 0 Å². The molecule has 0 aliphatic rings. The molecule has 1 aromatic carbocycles. The van der Waals surface area contributed by atoms with Crippen LogP contribution < -0.4 is 4.74 Å². The molecule has 4 aromatic rings. The third-order valence-electron chi connectivity index (χ3n) is 3.45. The van der Waals surface area contributed by atoms with Crippen LogP contribution in [0, 0.1) is 6.92 Å². The molecule has 0 aliphatic carbocycles. The molecule has 0 bridgehead atoms. The Morgan fingerprint density at radius 2 is 2.04 bits per heavy atom. The monoisotopic (exact) mass is 307 g/mol. The molecule has 23 heavy (non-hydrogen) atoms. The molecule has 4 rings (SSSR count). The van der Waals surface area contributed by atoms with E-state index in [1.165, 1.54) is 6.33 Å². The van der Waals surface area contributed by atoms with Crippen molar-refractivity contribution in [2.75, 3.05) is 0 Å². The number of hydrogen-bond donors (Lipinski definition) is 0. The van der Waals surface area contributed by atoms with E-state index in [-0.39, 0.29) is 0 Å². The zero-order chi connectivity index (χ0) is 15.6. The SMILES string of the molecule is Cc1nnnn1-c1cccc(OCc2cccc3ncnn23)c1. The van der Waals surface area contributed by atoms with Gasteiger partial charge < -0.3 is 4.74 Å². The number of rotatable bonds is 4. The molecular weight excluding hydrogens is 294 g/mol. The van der Waals surface area contributed by atoms with E-state index in [1.807, 2.05) is 49.4 Å². The van der Waals surface area contributed by atoms with Crippen molar-refractivity contribution in [1.82, 2.24) is 34.8 Å². The lowest BCUT2D eigenvalue weighted by Crippen LogP contribution is -2.04. The zero-order valence-electron chi connectivity index (χ0n) is 12.4. The smallest absolute Gasteiger partial charge is 0.155 e. The maximum atomic E-state index is 5.88. The maximum absolute atomic E-state index is 5.88. The molecule has 8 nitrogen and oxygen atoms in total. The summed E-state index contributed by atoms with van der Waals surface area (Å²) < 4.78 is 9.29. The molecule has 0 fully saturated rings. The lowest BCUT2D eigenvalue weighted by Gasteiger charge is -2.09. The molecule has 0 atom stereocenters. The van der Waals surface area contributed by atoms with Crippen LogP contribution in [0.5, 0.6) is 5.75 Å². The molecule has 0 amide bonds. The number of tetrazole rings is 1. The van der Waals surface area contributed by atoms with Crippen LogP contribution in [-0.2, 0) is 6.61 Å². The lowest BCUT2D eigenvalue weighted by atomic mass is 10.3. The molecule has 114 valence electrons. The van der Waals surface area contributed by atoms with Gasteiger partial charge in [-0.2, -0.15) is 9.78 Å². The van der Waals surface area contributed by atoms with Crippen LogP contribution in [0.25, 0.3) is 11.3 Å². The van der Waals surface area contributed by atoms with Gasteiger partial charge in [-0.05, 0) is 41.6 Å². The molecule has 0 N–H and O–H groups in total. The Kier molecular flexibility index (Phi) is 3.19. The molecule has 0 aliphatic heterocycles. The third-order valence-corrected chi connectivity index (χ3v) is 3.45. The Labute approximate surface area is 131 Å². The first-order chi connectivity index (χ1) is 11.3. The van der Waals surface area contributed by atoms with Crippen molar-refractivity contribution in [3.05, 3.63) is 60.3 Å². The number of hydrogen-bond acceptors (Lipinski definition) is 6. The Hall–Kier alpha value is -3.29. The van der Waals surface area contributed by atoms with Crippen molar-refractivity contribution >= 4 is 5.65 Å². The topological polar surface area (TPSA) is 83.0 Å². The summed E-state index contributed by atoms with van der Waals surface area (Å²) in [6, 6.07) is 13.4. The van der Waals surface area contributed by atoms with Gasteiger partial charge in [0.2, 0.25) is 0 Å². The van der Waals surface area contributed by atoms with Crippen LogP contribution in [0.2, 0.25) is 0 Å². The highest BCUT2D eigenvalue weighted by Crippen LogP contribution is 2.18. The average Bonchev–Trinajstić information content (AvgIpc) is 3.22. The number of aromatic nitrogens is 7. The first-order valence-corrected chi connectivity index (χ1v) is 7.07. The van der Waals surface area contributed by atoms with Crippen LogP contribution in [0.1, 0.15) is 11.5 Å². The van der Waals surface area contributed by atoms with Gasteiger partial charge in [0.15, 0.2) is 11.5 Å². The van der Waals surface area contributed by atoms with E-state index < -0.39 is 0 Å². The van der Waals surface area contributed by atoms with E-state index in [0.29, 0.717) is 6.61 Å². The van der Waals surface area contributed by atoms with Gasteiger partial charge in [0, 0.05) is 6.07 Å². The van der Waals surface area contributed by atoms with Crippen molar-refractivity contribution in [3.63, 3.8) is 0 Å². The van der Waals surface area contributed by atoms with Gasteiger partial charge in [-0.25, -0.2) is 9.50 Å². The Bertz CT molecular complexity index is 959. The maximum Gasteiger partial charge on any atom is 0.155 e. The van der Waals surface area contributed by atoms with Crippen LogP contribution >= 0.6 is 0 Å². The van der Waals surface area contributed by atoms with Gasteiger partial charge in [-0.15, -0.1) is 5.10 Å². The molecule has 0 spiro atoms. The summed E-state index contributed by atoms with van der Waals surface area (Å²) in [5.74, 6) is 1.45. The predicted octanol–water partition coefficient (Wildman–Crippen LogP) is 1.59. The van der Waals surface area contributed by atoms with E-state index in [2.05, 4.69) is 25.6 Å². The Balaban J connectivity index is 1.58. The molecule has 8 heteroatoms. The summed E-state index contributed by atoms with van der Waals surface area (Å²) in [6.45, 7) is 2.23. The Morgan fingerprint density at radius 3 is 2.91 bits per heavy atom. The lowest BCUT2D eigenvalue weighted by molar-refractivity contribution is 0.298. The minimum absolute atomic E-state index is 0.388. The number of nitrogens with zero attached hydrogens (tertiary/aromatic N) is 7. The summed E-state index contributed by atoms with van der Waals surface area (Å²) in [7, 11) is 0. The molecule has 0 unspecified atom stereocenters. The summed E-state index contributed by atoms with van der Waals surface area (Å²) in [5, 5.41) is 15.7. The van der Waals surface area contributed by atoms with Gasteiger partial charge >= 0.3 is 0 Å². The minimum atomic E-state index is 0.388. The molecule has 0 radical (unpaired) electrons. The number of aryl methyl sites for hydroxylation is 1. The van der Waals surface area contributed by atoms with E-state index in [1.54, 1.807) is 9.20 Å². The van der Waals surface area contributed by atoms with Gasteiger partial charge in [0.1, 0.15) is 18.7 Å². The van der Waals surface area contributed by atoms with Crippen molar-refractivity contribution < 1.29 is 4.74 Å². The quantitative estimate of drug-likeness (QED) is 0.569. The largest absolute Gasteiger partial charge is 0.487 e. The Morgan fingerprint density at radius 1 is 1.13 bits per heavy atom. The van der Waals surface area contributed by atoms with Crippen molar-refractivity contribution in [3.8, 4) is 11.4 Å². The fourth-order valence-corrected chi connectivity index (χ4v) is 2.34. The summed E-state index contributed by atoms with van der Waals surface area (Å²) in [4.78, 5) is 4.16. The highest BCUT2D eigenvalue weighted by molar-refractivity contribution is 5.39. The molecule has 3 heterocycles. The second-order valence-electron chi connectivity index (χ2n) is 4.97.